The predicted octanol–water partition coefficient (Wildman–Crippen LogP) is 1.26. The zero-order valence-electron chi connectivity index (χ0n) is 15.9. The summed E-state index contributed by atoms with van der Waals surface area (Å²) in [5.74, 6) is -11.2. The highest BCUT2D eigenvalue weighted by atomic mass is 16.4. The molecule has 0 unspecified atom stereocenters. The number of carboxylic acid groups (broad SMARTS) is 7. The molecule has 2 aromatic carbocycles. The average Bonchev–Trinajstić information content (AvgIpc) is 2.71. The molecule has 2 rings (SSSR count). The third kappa shape index (κ3) is 5.88. The number of hydrogen-bond donors (Lipinski definition) is 7. The molecule has 33 heavy (non-hydrogen) atoms. The molecule has 0 saturated carbocycles. The molecule has 0 radical (unpaired) electrons. The molecular formula is C19H12O14. The van der Waals surface area contributed by atoms with E-state index in [1.807, 2.05) is 0 Å². The van der Waals surface area contributed by atoms with Crippen LogP contribution in [0.15, 0.2) is 30.3 Å². The molecule has 0 atom stereocenters. The van der Waals surface area contributed by atoms with E-state index in [4.69, 9.17) is 35.7 Å². The molecule has 0 aliphatic rings. The van der Waals surface area contributed by atoms with Gasteiger partial charge in [-0.25, -0.2) is 33.6 Å². The molecule has 0 bridgehead atoms. The second-order valence-electron chi connectivity index (χ2n) is 5.81. The Kier molecular flexibility index (Phi) is 7.93. The van der Waals surface area contributed by atoms with Gasteiger partial charge in [-0.3, -0.25) is 0 Å². The van der Waals surface area contributed by atoms with Crippen LogP contribution in [0.3, 0.4) is 0 Å². The van der Waals surface area contributed by atoms with Crippen molar-refractivity contribution in [2.24, 2.45) is 0 Å². The molecule has 0 aromatic heterocycles. The van der Waals surface area contributed by atoms with Gasteiger partial charge >= 0.3 is 41.8 Å². The summed E-state index contributed by atoms with van der Waals surface area (Å²) < 4.78 is 0. The lowest BCUT2D eigenvalue weighted by Gasteiger charge is -2.06. The minimum atomic E-state index is -1.66. The van der Waals surface area contributed by atoms with E-state index in [-0.39, 0.29) is 0 Å². The van der Waals surface area contributed by atoms with Crippen molar-refractivity contribution in [3.63, 3.8) is 0 Å². The summed E-state index contributed by atoms with van der Waals surface area (Å²) in [6.45, 7) is 0. The second kappa shape index (κ2) is 10.2. The maximum atomic E-state index is 10.8. The summed E-state index contributed by atoms with van der Waals surface area (Å²) in [5.41, 5.74) is -4.94. The van der Waals surface area contributed by atoms with Crippen LogP contribution in [0.1, 0.15) is 72.5 Å². The molecule has 0 saturated heterocycles. The topological polar surface area (TPSA) is 261 Å². The van der Waals surface area contributed by atoms with Gasteiger partial charge in [0.05, 0.1) is 38.9 Å². The normalized spacial score (nSPS) is 9.70. The first-order valence-corrected chi connectivity index (χ1v) is 8.14. The van der Waals surface area contributed by atoms with Gasteiger partial charge in [-0.15, -0.1) is 0 Å². The molecule has 0 spiro atoms. The van der Waals surface area contributed by atoms with Gasteiger partial charge in [-0.1, -0.05) is 6.07 Å². The van der Waals surface area contributed by atoms with E-state index in [9.17, 15) is 33.6 Å². The Morgan fingerprint density at radius 2 is 0.636 bits per heavy atom. The first kappa shape index (κ1) is 25.8. The molecule has 14 heteroatoms. The summed E-state index contributed by atoms with van der Waals surface area (Å²) in [5, 5.41) is 61.0. The van der Waals surface area contributed by atoms with Gasteiger partial charge in [-0.2, -0.15) is 0 Å². The van der Waals surface area contributed by atoms with Crippen molar-refractivity contribution in [2.75, 3.05) is 0 Å². The van der Waals surface area contributed by atoms with E-state index < -0.39 is 80.7 Å². The molecule has 2 aromatic rings. The van der Waals surface area contributed by atoms with E-state index in [2.05, 4.69) is 0 Å². The van der Waals surface area contributed by atoms with Crippen LogP contribution in [0.5, 0.6) is 0 Å². The van der Waals surface area contributed by atoms with E-state index in [0.717, 1.165) is 12.1 Å². The minimum absolute atomic E-state index is 0.511. The highest BCUT2D eigenvalue weighted by Crippen LogP contribution is 2.18. The van der Waals surface area contributed by atoms with Crippen molar-refractivity contribution < 1.29 is 69.3 Å². The maximum absolute atomic E-state index is 10.8. The summed E-state index contributed by atoms with van der Waals surface area (Å²) in [6, 6.07) is 4.28. The highest BCUT2D eigenvalue weighted by Gasteiger charge is 2.25. The number of carboxylic acids is 7. The highest BCUT2D eigenvalue weighted by molar-refractivity contribution is 6.10. The number of rotatable bonds is 7. The lowest BCUT2D eigenvalue weighted by atomic mass is 9.98. The Labute approximate surface area is 181 Å². The quantitative estimate of drug-likeness (QED) is 0.304. The Morgan fingerprint density at radius 3 is 0.818 bits per heavy atom. The van der Waals surface area contributed by atoms with Crippen LogP contribution in [0.2, 0.25) is 0 Å². The first-order valence-electron chi connectivity index (χ1n) is 8.14. The third-order valence-corrected chi connectivity index (χ3v) is 3.82. The van der Waals surface area contributed by atoms with Crippen molar-refractivity contribution in [3.05, 3.63) is 69.3 Å². The summed E-state index contributed by atoms with van der Waals surface area (Å²) in [7, 11) is 0. The van der Waals surface area contributed by atoms with E-state index in [0.29, 0.717) is 12.1 Å². The summed E-state index contributed by atoms with van der Waals surface area (Å²) in [4.78, 5) is 75.1. The minimum Gasteiger partial charge on any atom is -0.478 e. The molecule has 0 aliphatic heterocycles. The fourth-order valence-electron chi connectivity index (χ4n) is 2.45. The number of carbonyl (C=O) groups is 7. The van der Waals surface area contributed by atoms with Crippen molar-refractivity contribution >= 4 is 41.8 Å². The maximum Gasteiger partial charge on any atom is 0.337 e. The lowest BCUT2D eigenvalue weighted by molar-refractivity contribution is 0.0633. The standard InChI is InChI=1S/C10H6O8.C9H6O6/c11-7(12)3-1-4(8(13)14)6(10(17)18)2-5(3)9(15)16;10-7(11)4-2-1-3-5(8(12)13)6(4)9(14)15/h1-2H,(H,11,12)(H,13,14)(H,15,16)(H,17,18);1-3H,(H,10,11)(H,12,13)(H,14,15). The molecule has 0 amide bonds. The van der Waals surface area contributed by atoms with Crippen molar-refractivity contribution in [2.45, 2.75) is 0 Å². The second-order valence-corrected chi connectivity index (χ2v) is 5.81. The van der Waals surface area contributed by atoms with E-state index >= 15 is 0 Å². The number of aromatic carboxylic acids is 7. The van der Waals surface area contributed by atoms with Crippen molar-refractivity contribution in [1.82, 2.24) is 0 Å². The van der Waals surface area contributed by atoms with Crippen LogP contribution in [-0.4, -0.2) is 77.5 Å². The molecule has 0 heterocycles. The Balaban J connectivity index is 0.000000335. The van der Waals surface area contributed by atoms with Crippen molar-refractivity contribution in [3.8, 4) is 0 Å². The third-order valence-electron chi connectivity index (χ3n) is 3.82. The van der Waals surface area contributed by atoms with Gasteiger partial charge in [0.25, 0.3) is 0 Å². The smallest absolute Gasteiger partial charge is 0.337 e. The van der Waals surface area contributed by atoms with Gasteiger partial charge in [0.1, 0.15) is 0 Å². The average molecular weight is 464 g/mol. The van der Waals surface area contributed by atoms with Crippen LogP contribution in [-0.2, 0) is 0 Å². The fraction of sp³-hybridized carbons (Fsp3) is 0. The molecule has 7 N–H and O–H groups in total. The number of benzene rings is 2. The predicted molar refractivity (Wildman–Crippen MR) is 102 cm³/mol. The van der Waals surface area contributed by atoms with Crippen LogP contribution in [0.25, 0.3) is 0 Å². The summed E-state index contributed by atoms with van der Waals surface area (Å²) in [6.07, 6.45) is 0. The van der Waals surface area contributed by atoms with Crippen LogP contribution >= 0.6 is 0 Å². The number of hydrogen-bond acceptors (Lipinski definition) is 7. The van der Waals surface area contributed by atoms with Gasteiger partial charge < -0.3 is 35.7 Å². The van der Waals surface area contributed by atoms with Crippen LogP contribution in [0.4, 0.5) is 0 Å². The molecule has 172 valence electrons. The first-order chi connectivity index (χ1) is 15.2. The fourth-order valence-corrected chi connectivity index (χ4v) is 2.45. The lowest BCUT2D eigenvalue weighted by Crippen LogP contribution is -2.15. The SMILES string of the molecule is O=C(O)c1cc(C(=O)O)c(C(=O)O)cc1C(=O)O.O=C(O)c1cccc(C(=O)O)c1C(=O)O. The van der Waals surface area contributed by atoms with Gasteiger partial charge in [0.2, 0.25) is 0 Å². The Hall–Kier alpha value is -5.27. The monoisotopic (exact) mass is 464 g/mol. The van der Waals surface area contributed by atoms with Crippen LogP contribution in [0, 0.1) is 0 Å². The van der Waals surface area contributed by atoms with Gasteiger partial charge in [-0.05, 0) is 24.3 Å². The largest absolute Gasteiger partial charge is 0.478 e. The van der Waals surface area contributed by atoms with E-state index in [1.165, 1.54) is 6.07 Å². The van der Waals surface area contributed by atoms with Crippen molar-refractivity contribution in [1.29, 1.82) is 0 Å². The van der Waals surface area contributed by atoms with E-state index in [1.54, 1.807) is 0 Å². The molecule has 14 nitrogen and oxygen atoms in total. The summed E-state index contributed by atoms with van der Waals surface area (Å²) >= 11 is 0. The molecular weight excluding hydrogens is 452 g/mol. The van der Waals surface area contributed by atoms with Crippen LogP contribution < -0.4 is 0 Å². The van der Waals surface area contributed by atoms with Gasteiger partial charge in [0.15, 0.2) is 0 Å². The Bertz CT molecular complexity index is 1080. The zero-order chi connectivity index (χ0) is 25.6. The molecule has 0 fully saturated rings. The van der Waals surface area contributed by atoms with Gasteiger partial charge in [0, 0.05) is 0 Å². The Morgan fingerprint density at radius 1 is 0.394 bits per heavy atom. The zero-order valence-corrected chi connectivity index (χ0v) is 15.9. The molecule has 0 aliphatic carbocycles.